The molecule has 0 saturated heterocycles. The van der Waals surface area contributed by atoms with Crippen LogP contribution in [0.15, 0.2) is 30.3 Å². The van der Waals surface area contributed by atoms with Crippen molar-refractivity contribution in [1.82, 2.24) is 4.90 Å². The van der Waals surface area contributed by atoms with E-state index in [0.717, 1.165) is 48.8 Å². The highest BCUT2D eigenvalue weighted by Gasteiger charge is 2.36. The van der Waals surface area contributed by atoms with Crippen molar-refractivity contribution in [1.29, 1.82) is 0 Å². The molecule has 33 heavy (non-hydrogen) atoms. The molecule has 3 rings (SSSR count). The van der Waals surface area contributed by atoms with Crippen LogP contribution in [0.1, 0.15) is 62.3 Å². The molecule has 1 amide bonds. The van der Waals surface area contributed by atoms with Gasteiger partial charge in [-0.05, 0) is 60.2 Å². The lowest BCUT2D eigenvalue weighted by molar-refractivity contribution is -0.138. The van der Waals surface area contributed by atoms with Gasteiger partial charge in [0.15, 0.2) is 23.0 Å². The number of hydrogen-bond donors (Lipinski definition) is 0. The zero-order valence-corrected chi connectivity index (χ0v) is 20.8. The minimum Gasteiger partial charge on any atom is -0.493 e. The number of unbranched alkanes of at least 4 members (excludes halogenated alkanes) is 1. The van der Waals surface area contributed by atoms with Gasteiger partial charge in [-0.25, -0.2) is 0 Å². The molecule has 0 aliphatic carbocycles. The van der Waals surface area contributed by atoms with Crippen LogP contribution in [0.2, 0.25) is 0 Å². The molecule has 0 unspecified atom stereocenters. The molecule has 0 bridgehead atoms. The van der Waals surface area contributed by atoms with Crippen molar-refractivity contribution in [2.45, 2.75) is 52.0 Å². The Kier molecular flexibility index (Phi) is 8.48. The fourth-order valence-electron chi connectivity index (χ4n) is 4.75. The standard InChI is InChI=1S/C27H37NO5/c1-7-9-10-18(8-2)27(29)28-14-13-19-15-24(32-5)25(33-6)17-21(19)26(28)20-11-12-22(30-3)23(16-20)31-4/h11-12,15-18,26H,7-10,13-14H2,1-6H3/t18-,26+/m0/s1. The maximum atomic E-state index is 13.8. The Morgan fingerprint density at radius 1 is 0.939 bits per heavy atom. The van der Waals surface area contributed by atoms with E-state index in [1.807, 2.05) is 35.2 Å². The number of amides is 1. The molecule has 6 heteroatoms. The molecule has 0 spiro atoms. The van der Waals surface area contributed by atoms with Crippen LogP contribution in [0.5, 0.6) is 23.0 Å². The first-order valence-corrected chi connectivity index (χ1v) is 11.8. The fraction of sp³-hybridized carbons (Fsp3) is 0.519. The normalized spacial score (nSPS) is 16.1. The first-order chi connectivity index (χ1) is 16.0. The highest BCUT2D eigenvalue weighted by molar-refractivity contribution is 5.80. The van der Waals surface area contributed by atoms with Crippen molar-refractivity contribution in [2.24, 2.45) is 5.92 Å². The average molecular weight is 456 g/mol. The Balaban J connectivity index is 2.14. The Bertz CT molecular complexity index is 958. The summed E-state index contributed by atoms with van der Waals surface area (Å²) in [5.74, 6) is 2.91. The maximum absolute atomic E-state index is 13.8. The molecule has 0 fully saturated rings. The number of rotatable bonds is 10. The van der Waals surface area contributed by atoms with Gasteiger partial charge in [0.1, 0.15) is 0 Å². The number of fused-ring (bicyclic) bond motifs is 1. The van der Waals surface area contributed by atoms with Crippen molar-refractivity contribution >= 4 is 5.91 Å². The van der Waals surface area contributed by atoms with Crippen LogP contribution in [0.3, 0.4) is 0 Å². The maximum Gasteiger partial charge on any atom is 0.226 e. The number of methoxy groups -OCH3 is 4. The molecule has 180 valence electrons. The SMILES string of the molecule is CCCC[C@H](CC)C(=O)N1CCc2cc(OC)c(OC)cc2[C@H]1c1ccc(OC)c(OC)c1. The molecular formula is C27H37NO5. The van der Waals surface area contributed by atoms with E-state index in [4.69, 9.17) is 18.9 Å². The summed E-state index contributed by atoms with van der Waals surface area (Å²) in [7, 11) is 6.54. The van der Waals surface area contributed by atoms with E-state index in [1.165, 1.54) is 0 Å². The third-order valence-electron chi connectivity index (χ3n) is 6.63. The summed E-state index contributed by atoms with van der Waals surface area (Å²) in [5.41, 5.74) is 3.21. The highest BCUT2D eigenvalue weighted by atomic mass is 16.5. The van der Waals surface area contributed by atoms with Crippen LogP contribution in [0.25, 0.3) is 0 Å². The molecule has 1 heterocycles. The predicted octanol–water partition coefficient (Wildman–Crippen LogP) is 5.41. The number of ether oxygens (including phenoxy) is 4. The van der Waals surface area contributed by atoms with Crippen molar-refractivity contribution in [3.05, 3.63) is 47.0 Å². The topological polar surface area (TPSA) is 57.2 Å². The number of nitrogens with zero attached hydrogens (tertiary/aromatic N) is 1. The third-order valence-corrected chi connectivity index (χ3v) is 6.63. The minimum absolute atomic E-state index is 0.0225. The van der Waals surface area contributed by atoms with Gasteiger partial charge in [0.05, 0.1) is 34.5 Å². The zero-order valence-electron chi connectivity index (χ0n) is 20.8. The molecule has 2 aromatic rings. The molecule has 0 saturated carbocycles. The lowest BCUT2D eigenvalue weighted by Gasteiger charge is -2.40. The van der Waals surface area contributed by atoms with E-state index in [9.17, 15) is 4.79 Å². The lowest BCUT2D eigenvalue weighted by Crippen LogP contribution is -2.43. The van der Waals surface area contributed by atoms with Crippen LogP contribution in [-0.4, -0.2) is 45.8 Å². The number of hydrogen-bond acceptors (Lipinski definition) is 5. The fourth-order valence-corrected chi connectivity index (χ4v) is 4.75. The van der Waals surface area contributed by atoms with Crippen molar-refractivity contribution in [3.8, 4) is 23.0 Å². The summed E-state index contributed by atoms with van der Waals surface area (Å²) in [5, 5.41) is 0. The number of benzene rings is 2. The third kappa shape index (κ3) is 5.05. The Hall–Kier alpha value is -2.89. The summed E-state index contributed by atoms with van der Waals surface area (Å²) < 4.78 is 22.2. The van der Waals surface area contributed by atoms with Crippen LogP contribution >= 0.6 is 0 Å². The Morgan fingerprint density at radius 3 is 2.18 bits per heavy atom. The zero-order chi connectivity index (χ0) is 24.0. The molecule has 0 N–H and O–H groups in total. The molecule has 0 aromatic heterocycles. The van der Waals surface area contributed by atoms with E-state index < -0.39 is 0 Å². The van der Waals surface area contributed by atoms with E-state index in [2.05, 4.69) is 13.8 Å². The summed E-state index contributed by atoms with van der Waals surface area (Å²) in [6.07, 6.45) is 4.67. The lowest BCUT2D eigenvalue weighted by atomic mass is 9.85. The van der Waals surface area contributed by atoms with E-state index in [1.54, 1.807) is 28.4 Å². The molecule has 0 radical (unpaired) electrons. The summed E-state index contributed by atoms with van der Waals surface area (Å²) in [6, 6.07) is 9.71. The summed E-state index contributed by atoms with van der Waals surface area (Å²) in [4.78, 5) is 15.8. The van der Waals surface area contributed by atoms with Crippen LogP contribution < -0.4 is 18.9 Å². The largest absolute Gasteiger partial charge is 0.493 e. The van der Waals surface area contributed by atoms with Crippen LogP contribution in [-0.2, 0) is 11.2 Å². The van der Waals surface area contributed by atoms with Gasteiger partial charge in [0, 0.05) is 12.5 Å². The molecule has 2 aromatic carbocycles. The first kappa shape index (κ1) is 24.7. The van der Waals surface area contributed by atoms with Gasteiger partial charge in [-0.1, -0.05) is 32.8 Å². The molecule has 6 nitrogen and oxygen atoms in total. The first-order valence-electron chi connectivity index (χ1n) is 11.8. The van der Waals surface area contributed by atoms with E-state index in [-0.39, 0.29) is 17.9 Å². The van der Waals surface area contributed by atoms with Crippen molar-refractivity contribution < 1.29 is 23.7 Å². The van der Waals surface area contributed by atoms with Crippen molar-refractivity contribution in [3.63, 3.8) is 0 Å². The van der Waals surface area contributed by atoms with Crippen LogP contribution in [0.4, 0.5) is 0 Å². The number of carbonyl (C=O) groups excluding carboxylic acids is 1. The Labute approximate surface area is 197 Å². The van der Waals surface area contributed by atoms with Gasteiger partial charge in [-0.15, -0.1) is 0 Å². The Morgan fingerprint density at radius 2 is 1.58 bits per heavy atom. The van der Waals surface area contributed by atoms with Gasteiger partial charge < -0.3 is 23.8 Å². The summed E-state index contributed by atoms with van der Waals surface area (Å²) >= 11 is 0. The smallest absolute Gasteiger partial charge is 0.226 e. The van der Waals surface area contributed by atoms with Gasteiger partial charge in [0.25, 0.3) is 0 Å². The summed E-state index contributed by atoms with van der Waals surface area (Å²) in [6.45, 7) is 4.93. The van der Waals surface area contributed by atoms with Gasteiger partial charge in [-0.2, -0.15) is 0 Å². The van der Waals surface area contributed by atoms with Gasteiger partial charge in [0.2, 0.25) is 5.91 Å². The molecule has 2 atom stereocenters. The molecule has 1 aliphatic rings. The molecular weight excluding hydrogens is 418 g/mol. The molecule has 1 aliphatic heterocycles. The second-order valence-electron chi connectivity index (χ2n) is 8.45. The average Bonchev–Trinajstić information content (AvgIpc) is 2.86. The van der Waals surface area contributed by atoms with Crippen molar-refractivity contribution in [2.75, 3.05) is 35.0 Å². The van der Waals surface area contributed by atoms with Crippen LogP contribution in [0, 0.1) is 5.92 Å². The highest BCUT2D eigenvalue weighted by Crippen LogP contribution is 2.43. The van der Waals surface area contributed by atoms with E-state index in [0.29, 0.717) is 29.5 Å². The second-order valence-corrected chi connectivity index (χ2v) is 8.45. The van der Waals surface area contributed by atoms with E-state index >= 15 is 0 Å². The minimum atomic E-state index is -0.239. The quantitative estimate of drug-likeness (QED) is 0.479. The van der Waals surface area contributed by atoms with Gasteiger partial charge >= 0.3 is 0 Å². The van der Waals surface area contributed by atoms with Gasteiger partial charge in [-0.3, -0.25) is 4.79 Å². The number of carbonyl (C=O) groups is 1. The predicted molar refractivity (Wildman–Crippen MR) is 130 cm³/mol. The second kappa shape index (κ2) is 11.3. The monoisotopic (exact) mass is 455 g/mol.